The van der Waals surface area contributed by atoms with Crippen LogP contribution in [-0.2, 0) is 9.59 Å². The molecule has 0 aliphatic heterocycles. The molecule has 0 saturated carbocycles. The highest BCUT2D eigenvalue weighted by Gasteiger charge is 2.13. The molecule has 8 nitrogen and oxygen atoms in total. The second-order valence-corrected chi connectivity index (χ2v) is 5.87. The smallest absolute Gasteiger partial charge is 0.360 e. The highest BCUT2D eigenvalue weighted by molar-refractivity contribution is 5.93. The molecule has 3 rings (SSSR count). The van der Waals surface area contributed by atoms with Gasteiger partial charge in [-0.15, -0.1) is 0 Å². The van der Waals surface area contributed by atoms with E-state index in [0.29, 0.717) is 16.8 Å². The molecule has 0 aliphatic rings. The van der Waals surface area contributed by atoms with Gasteiger partial charge in [0.2, 0.25) is 5.91 Å². The summed E-state index contributed by atoms with van der Waals surface area (Å²) in [4.78, 5) is 35.2. The Morgan fingerprint density at radius 3 is 2.46 bits per heavy atom. The zero-order chi connectivity index (χ0) is 20.1. The van der Waals surface area contributed by atoms with Crippen molar-refractivity contribution in [1.29, 1.82) is 0 Å². The minimum atomic E-state index is -0.694. The summed E-state index contributed by atoms with van der Waals surface area (Å²) in [5.41, 5.74) is 0.218. The Bertz CT molecular complexity index is 1080. The van der Waals surface area contributed by atoms with E-state index in [0.717, 1.165) is 0 Å². The van der Waals surface area contributed by atoms with Gasteiger partial charge in [0.25, 0.3) is 5.91 Å². The number of carbonyl (C=O) groups excluding carboxylic acids is 2. The number of ether oxygens (including phenoxy) is 2. The van der Waals surface area contributed by atoms with Gasteiger partial charge in [0.15, 0.2) is 18.1 Å². The molecule has 28 heavy (non-hydrogen) atoms. The molecule has 0 radical (unpaired) electrons. The molecule has 144 valence electrons. The van der Waals surface area contributed by atoms with Crippen molar-refractivity contribution in [2.24, 2.45) is 0 Å². The van der Waals surface area contributed by atoms with Crippen molar-refractivity contribution in [1.82, 2.24) is 0 Å². The first-order chi connectivity index (χ1) is 13.5. The lowest BCUT2D eigenvalue weighted by Gasteiger charge is -2.12. The second kappa shape index (κ2) is 8.26. The summed E-state index contributed by atoms with van der Waals surface area (Å²) in [6, 6.07) is 13.5. The highest BCUT2D eigenvalue weighted by Crippen LogP contribution is 2.32. The lowest BCUT2D eigenvalue weighted by atomic mass is 10.2. The molecule has 2 N–H and O–H groups in total. The summed E-state index contributed by atoms with van der Waals surface area (Å²) in [7, 11) is 1.45. The Morgan fingerprint density at radius 1 is 1.04 bits per heavy atom. The molecule has 0 unspecified atom stereocenters. The van der Waals surface area contributed by atoms with Gasteiger partial charge in [-0.05, 0) is 24.3 Å². The number of carbonyl (C=O) groups is 2. The molecule has 0 spiro atoms. The summed E-state index contributed by atoms with van der Waals surface area (Å²) in [5, 5.41) is 5.64. The predicted molar refractivity (Wildman–Crippen MR) is 104 cm³/mol. The van der Waals surface area contributed by atoms with Crippen LogP contribution in [0.3, 0.4) is 0 Å². The van der Waals surface area contributed by atoms with Crippen LogP contribution in [0, 0.1) is 0 Å². The molecule has 1 heterocycles. The molecule has 0 aliphatic carbocycles. The summed E-state index contributed by atoms with van der Waals surface area (Å²) >= 11 is 0. The van der Waals surface area contributed by atoms with Crippen LogP contribution in [-0.4, -0.2) is 25.5 Å². The van der Waals surface area contributed by atoms with Crippen LogP contribution in [0.1, 0.15) is 6.92 Å². The molecule has 1 aromatic heterocycles. The van der Waals surface area contributed by atoms with Crippen LogP contribution in [0.25, 0.3) is 11.0 Å². The van der Waals surface area contributed by atoms with E-state index in [1.54, 1.807) is 30.3 Å². The molecule has 2 aromatic carbocycles. The summed E-state index contributed by atoms with van der Waals surface area (Å²) in [6.45, 7) is 1.03. The minimum Gasteiger partial charge on any atom is -0.493 e. The fraction of sp³-hybridized carbons (Fsp3) is 0.150. The van der Waals surface area contributed by atoms with Gasteiger partial charge >= 0.3 is 5.63 Å². The molecule has 0 saturated heterocycles. The van der Waals surface area contributed by atoms with E-state index in [1.807, 2.05) is 6.07 Å². The number of nitrogens with one attached hydrogen (secondary N) is 2. The maximum Gasteiger partial charge on any atom is 0.360 e. The molecule has 8 heteroatoms. The van der Waals surface area contributed by atoms with Crippen LogP contribution < -0.4 is 25.7 Å². The minimum absolute atomic E-state index is 0.0259. The fourth-order valence-corrected chi connectivity index (χ4v) is 2.54. The van der Waals surface area contributed by atoms with E-state index in [4.69, 9.17) is 13.9 Å². The van der Waals surface area contributed by atoms with Crippen molar-refractivity contribution in [2.45, 2.75) is 6.92 Å². The van der Waals surface area contributed by atoms with E-state index >= 15 is 0 Å². The normalized spacial score (nSPS) is 10.4. The molecule has 0 bridgehead atoms. The maximum atomic E-state index is 12.1. The lowest BCUT2D eigenvalue weighted by molar-refractivity contribution is -0.118. The van der Waals surface area contributed by atoms with Gasteiger partial charge in [0.05, 0.1) is 7.11 Å². The van der Waals surface area contributed by atoms with Crippen LogP contribution in [0.2, 0.25) is 0 Å². The van der Waals surface area contributed by atoms with Gasteiger partial charge in [-0.25, -0.2) is 4.79 Å². The molecule has 3 aromatic rings. The standard InChI is InChI=1S/C20H18N2O6/c1-12(23)21-15-8-13-9-17(26-2)18(10-16(13)28-20(15)25)27-11-19(24)22-14-6-4-3-5-7-14/h3-10H,11H2,1-2H3,(H,21,23)(H,22,24). The average Bonchev–Trinajstić information content (AvgIpc) is 2.67. The fourth-order valence-electron chi connectivity index (χ4n) is 2.54. The SMILES string of the molecule is COc1cc2cc(NC(C)=O)c(=O)oc2cc1OCC(=O)Nc1ccccc1. The van der Waals surface area contributed by atoms with Gasteiger partial charge in [-0.3, -0.25) is 9.59 Å². The quantitative estimate of drug-likeness (QED) is 0.635. The highest BCUT2D eigenvalue weighted by atomic mass is 16.5. The summed E-state index contributed by atoms with van der Waals surface area (Å²) in [5.74, 6) is -0.143. The Morgan fingerprint density at radius 2 is 1.79 bits per heavy atom. The molecular weight excluding hydrogens is 364 g/mol. The lowest BCUT2D eigenvalue weighted by Crippen LogP contribution is -2.20. The first-order valence-corrected chi connectivity index (χ1v) is 8.37. The number of anilines is 2. The van der Waals surface area contributed by atoms with Crippen molar-refractivity contribution in [3.8, 4) is 11.5 Å². The summed E-state index contributed by atoms with van der Waals surface area (Å²) in [6.07, 6.45) is 0. The number of methoxy groups -OCH3 is 1. The molecule has 0 atom stereocenters. The molecule has 0 fully saturated rings. The van der Waals surface area contributed by atoms with Crippen LogP contribution >= 0.6 is 0 Å². The number of hydrogen-bond acceptors (Lipinski definition) is 6. The summed E-state index contributed by atoms with van der Waals surface area (Å²) < 4.78 is 16.1. The Labute approximate surface area is 160 Å². The Kier molecular flexibility index (Phi) is 5.59. The number of amides is 2. The number of rotatable bonds is 6. The number of benzene rings is 2. The molecule has 2 amide bonds. The first-order valence-electron chi connectivity index (χ1n) is 8.37. The third-order valence-corrected chi connectivity index (χ3v) is 3.75. The second-order valence-electron chi connectivity index (χ2n) is 5.87. The zero-order valence-electron chi connectivity index (χ0n) is 15.3. The topological polar surface area (TPSA) is 107 Å². The predicted octanol–water partition coefficient (Wildman–Crippen LogP) is 2.78. The molecular formula is C20H18N2O6. The largest absolute Gasteiger partial charge is 0.493 e. The third-order valence-electron chi connectivity index (χ3n) is 3.75. The van der Waals surface area contributed by atoms with Crippen molar-refractivity contribution >= 4 is 34.2 Å². The van der Waals surface area contributed by atoms with Crippen molar-refractivity contribution in [3.05, 3.63) is 59.0 Å². The van der Waals surface area contributed by atoms with Crippen LogP contribution in [0.5, 0.6) is 11.5 Å². The monoisotopic (exact) mass is 382 g/mol. The zero-order valence-corrected chi connectivity index (χ0v) is 15.3. The Hall–Kier alpha value is -3.81. The van der Waals surface area contributed by atoms with Crippen LogP contribution in [0.15, 0.2) is 57.7 Å². The van der Waals surface area contributed by atoms with Gasteiger partial charge < -0.3 is 24.5 Å². The van der Waals surface area contributed by atoms with Gasteiger partial charge in [0.1, 0.15) is 11.3 Å². The van der Waals surface area contributed by atoms with Gasteiger partial charge in [0, 0.05) is 24.1 Å². The van der Waals surface area contributed by atoms with Crippen molar-refractivity contribution < 1.29 is 23.5 Å². The maximum absolute atomic E-state index is 12.1. The number of hydrogen-bond donors (Lipinski definition) is 2. The van der Waals surface area contributed by atoms with Gasteiger partial charge in [-0.1, -0.05) is 18.2 Å². The van der Waals surface area contributed by atoms with E-state index in [-0.39, 0.29) is 35.4 Å². The Balaban J connectivity index is 1.81. The van der Waals surface area contributed by atoms with Gasteiger partial charge in [-0.2, -0.15) is 0 Å². The third kappa shape index (κ3) is 4.47. The van der Waals surface area contributed by atoms with E-state index in [1.165, 1.54) is 26.2 Å². The van der Waals surface area contributed by atoms with E-state index in [9.17, 15) is 14.4 Å². The average molecular weight is 382 g/mol. The van der Waals surface area contributed by atoms with Crippen LogP contribution in [0.4, 0.5) is 11.4 Å². The van der Waals surface area contributed by atoms with Crippen molar-refractivity contribution in [2.75, 3.05) is 24.4 Å². The van der Waals surface area contributed by atoms with E-state index < -0.39 is 5.63 Å². The van der Waals surface area contributed by atoms with Crippen molar-refractivity contribution in [3.63, 3.8) is 0 Å². The van der Waals surface area contributed by atoms with E-state index in [2.05, 4.69) is 10.6 Å². The number of para-hydroxylation sites is 1. The first kappa shape index (κ1) is 19.0. The number of fused-ring (bicyclic) bond motifs is 1.